The van der Waals surface area contributed by atoms with Crippen LogP contribution in [0.15, 0.2) is 23.6 Å². The Labute approximate surface area is 178 Å². The summed E-state index contributed by atoms with van der Waals surface area (Å²) in [5.74, 6) is 0.290. The Morgan fingerprint density at radius 1 is 1.21 bits per heavy atom. The van der Waals surface area contributed by atoms with Crippen LogP contribution in [0.1, 0.15) is 30.7 Å². The number of aromatic nitrogens is 4. The summed E-state index contributed by atoms with van der Waals surface area (Å²) in [7, 11) is 3.17. The van der Waals surface area contributed by atoms with E-state index in [9.17, 15) is 18.3 Å². The molecule has 0 amide bonds. The van der Waals surface area contributed by atoms with Crippen LogP contribution in [0.4, 0.5) is 13.2 Å². The molecule has 0 aliphatic heterocycles. The normalized spacial score (nSPS) is 14.4. The summed E-state index contributed by atoms with van der Waals surface area (Å²) >= 11 is 0. The molecule has 2 heterocycles. The first-order valence-corrected chi connectivity index (χ1v) is 8.36. The van der Waals surface area contributed by atoms with Gasteiger partial charge in [-0.25, -0.2) is 4.99 Å². The van der Waals surface area contributed by atoms with Gasteiger partial charge < -0.3 is 15.7 Å². The molecule has 0 fully saturated rings. The van der Waals surface area contributed by atoms with Crippen LogP contribution in [0.25, 0.3) is 0 Å². The third kappa shape index (κ3) is 6.36. The zero-order valence-electron chi connectivity index (χ0n) is 16.1. The van der Waals surface area contributed by atoms with Gasteiger partial charge in [-0.3, -0.25) is 9.36 Å². The molecule has 0 aromatic carbocycles. The summed E-state index contributed by atoms with van der Waals surface area (Å²) in [4.78, 5) is 4.18. The zero-order valence-corrected chi connectivity index (χ0v) is 18.4. The lowest BCUT2D eigenvalue weighted by atomic mass is 10.00. The molecule has 1 atom stereocenters. The summed E-state index contributed by atoms with van der Waals surface area (Å²) in [5, 5.41) is 24.0. The van der Waals surface area contributed by atoms with Crippen molar-refractivity contribution in [2.45, 2.75) is 32.2 Å². The third-order valence-electron chi connectivity index (χ3n) is 3.85. The van der Waals surface area contributed by atoms with Gasteiger partial charge in [0.1, 0.15) is 5.60 Å². The summed E-state index contributed by atoms with van der Waals surface area (Å²) in [6, 6.07) is 0. The van der Waals surface area contributed by atoms with Crippen LogP contribution in [0, 0.1) is 0 Å². The molecular formula is C16H25F3IN7O. The van der Waals surface area contributed by atoms with Crippen LogP contribution in [-0.2, 0) is 32.4 Å². The molecule has 2 aromatic heterocycles. The van der Waals surface area contributed by atoms with Crippen molar-refractivity contribution >= 4 is 29.9 Å². The second-order valence-corrected chi connectivity index (χ2v) is 6.40. The highest BCUT2D eigenvalue weighted by Crippen LogP contribution is 2.30. The van der Waals surface area contributed by atoms with Crippen LogP contribution < -0.4 is 10.6 Å². The van der Waals surface area contributed by atoms with Gasteiger partial charge in [0.2, 0.25) is 0 Å². The molecule has 0 spiro atoms. The van der Waals surface area contributed by atoms with Crippen molar-refractivity contribution in [3.05, 3.63) is 35.4 Å². The molecule has 3 N–H and O–H groups in total. The Morgan fingerprint density at radius 2 is 1.89 bits per heavy atom. The molecule has 2 aromatic rings. The SMILES string of the molecule is CCNC(=NCc1cn(C)nc1C(F)(F)F)NCC(C)(O)c1cnn(C)c1.I. The topological polar surface area (TPSA) is 92.3 Å². The van der Waals surface area contributed by atoms with Crippen molar-refractivity contribution in [1.29, 1.82) is 0 Å². The summed E-state index contributed by atoms with van der Waals surface area (Å²) in [5.41, 5.74) is -1.59. The van der Waals surface area contributed by atoms with Gasteiger partial charge in [0.05, 0.1) is 19.3 Å². The maximum atomic E-state index is 13.0. The van der Waals surface area contributed by atoms with Crippen molar-refractivity contribution in [3.8, 4) is 0 Å². The fraction of sp³-hybridized carbons (Fsp3) is 0.562. The molecule has 0 bridgehead atoms. The molecule has 0 radical (unpaired) electrons. The molecule has 28 heavy (non-hydrogen) atoms. The first-order valence-electron chi connectivity index (χ1n) is 8.36. The van der Waals surface area contributed by atoms with Crippen molar-refractivity contribution in [3.63, 3.8) is 0 Å². The van der Waals surface area contributed by atoms with Crippen molar-refractivity contribution in [2.24, 2.45) is 19.1 Å². The second-order valence-electron chi connectivity index (χ2n) is 6.40. The van der Waals surface area contributed by atoms with Gasteiger partial charge in [-0.1, -0.05) is 0 Å². The van der Waals surface area contributed by atoms with Crippen LogP contribution in [0.5, 0.6) is 0 Å². The lowest BCUT2D eigenvalue weighted by molar-refractivity contribution is -0.142. The van der Waals surface area contributed by atoms with E-state index in [1.807, 2.05) is 6.92 Å². The number of guanidine groups is 1. The minimum absolute atomic E-state index is 0. The fourth-order valence-corrected chi connectivity index (χ4v) is 2.46. The van der Waals surface area contributed by atoms with E-state index in [-0.39, 0.29) is 42.6 Å². The highest BCUT2D eigenvalue weighted by atomic mass is 127. The highest BCUT2D eigenvalue weighted by Gasteiger charge is 2.36. The largest absolute Gasteiger partial charge is 0.435 e. The maximum Gasteiger partial charge on any atom is 0.435 e. The number of nitrogens with one attached hydrogen (secondary N) is 2. The maximum absolute atomic E-state index is 13.0. The first-order chi connectivity index (χ1) is 12.5. The third-order valence-corrected chi connectivity index (χ3v) is 3.85. The predicted octanol–water partition coefficient (Wildman–Crippen LogP) is 1.75. The average Bonchev–Trinajstić information content (AvgIpc) is 3.16. The monoisotopic (exact) mass is 515 g/mol. The van der Waals surface area contributed by atoms with Crippen LogP contribution in [-0.4, -0.2) is 43.7 Å². The van der Waals surface area contributed by atoms with E-state index in [1.165, 1.54) is 13.2 Å². The fourth-order valence-electron chi connectivity index (χ4n) is 2.46. The van der Waals surface area contributed by atoms with Crippen molar-refractivity contribution in [1.82, 2.24) is 30.2 Å². The summed E-state index contributed by atoms with van der Waals surface area (Å²) in [6.07, 6.45) is -0.00244. The second kappa shape index (κ2) is 9.58. The van der Waals surface area contributed by atoms with Gasteiger partial charge in [-0.15, -0.1) is 24.0 Å². The minimum Gasteiger partial charge on any atom is -0.383 e. The van der Waals surface area contributed by atoms with Gasteiger partial charge in [0.15, 0.2) is 11.7 Å². The molecular weight excluding hydrogens is 490 g/mol. The molecule has 12 heteroatoms. The highest BCUT2D eigenvalue weighted by molar-refractivity contribution is 14.0. The van der Waals surface area contributed by atoms with Gasteiger partial charge in [-0.05, 0) is 13.8 Å². The lowest BCUT2D eigenvalue weighted by Gasteiger charge is -2.23. The van der Waals surface area contributed by atoms with E-state index in [4.69, 9.17) is 0 Å². The summed E-state index contributed by atoms with van der Waals surface area (Å²) in [6.45, 7) is 3.86. The molecule has 1 unspecified atom stereocenters. The van der Waals surface area contributed by atoms with E-state index in [1.54, 1.807) is 31.0 Å². The predicted molar refractivity (Wildman–Crippen MR) is 109 cm³/mol. The smallest absolute Gasteiger partial charge is 0.383 e. The zero-order chi connectivity index (χ0) is 20.2. The molecule has 0 aliphatic rings. The van der Waals surface area contributed by atoms with E-state index < -0.39 is 17.5 Å². The van der Waals surface area contributed by atoms with Gasteiger partial charge in [0.25, 0.3) is 0 Å². The number of aryl methyl sites for hydroxylation is 2. The number of rotatable bonds is 6. The molecule has 158 valence electrons. The number of alkyl halides is 3. The van der Waals surface area contributed by atoms with Crippen LogP contribution in [0.3, 0.4) is 0 Å². The number of hydrogen-bond donors (Lipinski definition) is 3. The number of aliphatic hydroxyl groups is 1. The number of hydrogen-bond acceptors (Lipinski definition) is 4. The Kier molecular flexibility index (Phi) is 8.29. The average molecular weight is 515 g/mol. The van der Waals surface area contributed by atoms with Gasteiger partial charge >= 0.3 is 6.18 Å². The van der Waals surface area contributed by atoms with Crippen LogP contribution >= 0.6 is 24.0 Å². The van der Waals surface area contributed by atoms with Crippen molar-refractivity contribution < 1.29 is 18.3 Å². The molecule has 0 saturated heterocycles. The van der Waals surface area contributed by atoms with E-state index in [2.05, 4.69) is 25.8 Å². The molecule has 2 rings (SSSR count). The molecule has 0 saturated carbocycles. The molecule has 8 nitrogen and oxygen atoms in total. The van der Waals surface area contributed by atoms with Crippen molar-refractivity contribution in [2.75, 3.05) is 13.1 Å². The Bertz CT molecular complexity index is 799. The van der Waals surface area contributed by atoms with E-state index >= 15 is 0 Å². The van der Waals surface area contributed by atoms with Crippen LogP contribution in [0.2, 0.25) is 0 Å². The number of aliphatic imine (C=N–C) groups is 1. The Hall–Kier alpha value is -1.83. The quantitative estimate of drug-likeness (QED) is 0.310. The van der Waals surface area contributed by atoms with Gasteiger partial charge in [-0.2, -0.15) is 23.4 Å². The number of halogens is 4. The number of nitrogens with zero attached hydrogens (tertiary/aromatic N) is 5. The summed E-state index contributed by atoms with van der Waals surface area (Å²) < 4.78 is 41.8. The standard InChI is InChI=1S/C16H24F3N7O.HI/c1-5-20-14(22-10-15(2,27)12-7-23-25(3)9-12)21-6-11-8-26(4)24-13(11)16(17,18)19;/h7-9,27H,5-6,10H2,1-4H3,(H2,20,21,22);1H. The van der Waals surface area contributed by atoms with E-state index in [0.29, 0.717) is 18.1 Å². The Morgan fingerprint density at radius 3 is 2.43 bits per heavy atom. The molecule has 0 aliphatic carbocycles. The Balaban J connectivity index is 0.00000392. The first kappa shape index (κ1) is 24.2. The van der Waals surface area contributed by atoms with Gasteiger partial charge in [0, 0.05) is 44.2 Å². The lowest BCUT2D eigenvalue weighted by Crippen LogP contribution is -2.44. The van der Waals surface area contributed by atoms with E-state index in [0.717, 1.165) is 4.68 Å². The minimum atomic E-state index is -4.54.